The zero-order valence-corrected chi connectivity index (χ0v) is 15.7. The van der Waals surface area contributed by atoms with Crippen molar-refractivity contribution in [1.82, 2.24) is 10.2 Å². The van der Waals surface area contributed by atoms with Crippen molar-refractivity contribution in [3.63, 3.8) is 0 Å². The lowest BCUT2D eigenvalue weighted by Gasteiger charge is -2.19. The van der Waals surface area contributed by atoms with Gasteiger partial charge in [0.2, 0.25) is 0 Å². The van der Waals surface area contributed by atoms with Gasteiger partial charge in [0.1, 0.15) is 13.2 Å². The third-order valence-electron chi connectivity index (χ3n) is 5.42. The van der Waals surface area contributed by atoms with Crippen LogP contribution in [0.3, 0.4) is 0 Å². The van der Waals surface area contributed by atoms with Gasteiger partial charge in [-0.25, -0.2) is 0 Å². The maximum absolute atomic E-state index is 12.4. The zero-order valence-electron chi connectivity index (χ0n) is 15.7. The summed E-state index contributed by atoms with van der Waals surface area (Å²) in [5.74, 6) is 1.88. The molecule has 0 spiro atoms. The van der Waals surface area contributed by atoms with Crippen LogP contribution in [0.25, 0.3) is 0 Å². The second kappa shape index (κ2) is 8.01. The van der Waals surface area contributed by atoms with E-state index in [0.29, 0.717) is 42.7 Å². The van der Waals surface area contributed by atoms with E-state index in [1.807, 2.05) is 0 Å². The van der Waals surface area contributed by atoms with E-state index in [0.717, 1.165) is 19.6 Å². The molecule has 1 amide bonds. The van der Waals surface area contributed by atoms with Crippen LogP contribution in [0, 0.1) is 6.92 Å². The van der Waals surface area contributed by atoms with Crippen LogP contribution in [-0.2, 0) is 0 Å². The van der Waals surface area contributed by atoms with Crippen LogP contribution in [-0.4, -0.2) is 50.2 Å². The Hall–Kier alpha value is -2.53. The van der Waals surface area contributed by atoms with Crippen molar-refractivity contribution in [2.24, 2.45) is 0 Å². The van der Waals surface area contributed by atoms with Crippen LogP contribution in [0.4, 0.5) is 0 Å². The molecule has 0 saturated carbocycles. The highest BCUT2D eigenvalue weighted by atomic mass is 16.6. The summed E-state index contributed by atoms with van der Waals surface area (Å²) in [4.78, 5) is 14.8. The SMILES string of the molecule is Cc1ccccc1[C@H]1CCN(CCNC(=O)c2ccc3c(c2)OCCO3)C1. The third kappa shape index (κ3) is 4.08. The number of benzene rings is 2. The van der Waals surface area contributed by atoms with Gasteiger partial charge in [0.25, 0.3) is 5.91 Å². The molecule has 0 radical (unpaired) electrons. The number of carbonyl (C=O) groups excluding carboxylic acids is 1. The third-order valence-corrected chi connectivity index (χ3v) is 5.42. The largest absolute Gasteiger partial charge is 0.486 e. The minimum atomic E-state index is -0.0679. The molecule has 2 heterocycles. The quantitative estimate of drug-likeness (QED) is 0.884. The highest BCUT2D eigenvalue weighted by molar-refractivity contribution is 5.94. The minimum Gasteiger partial charge on any atom is -0.486 e. The normalized spacial score (nSPS) is 19.1. The van der Waals surface area contributed by atoms with Gasteiger partial charge in [-0.1, -0.05) is 24.3 Å². The molecule has 2 aromatic rings. The number of carbonyl (C=O) groups is 1. The van der Waals surface area contributed by atoms with Crippen molar-refractivity contribution < 1.29 is 14.3 Å². The predicted octanol–water partition coefficient (Wildman–Crippen LogP) is 2.99. The number of hydrogen-bond acceptors (Lipinski definition) is 4. The molecule has 0 aliphatic carbocycles. The van der Waals surface area contributed by atoms with Gasteiger partial charge < -0.3 is 19.7 Å². The van der Waals surface area contributed by atoms with Gasteiger partial charge in [-0.2, -0.15) is 0 Å². The lowest BCUT2D eigenvalue weighted by atomic mass is 9.94. The number of aryl methyl sites for hydroxylation is 1. The fraction of sp³-hybridized carbons (Fsp3) is 0.409. The van der Waals surface area contributed by atoms with Crippen LogP contribution in [0.5, 0.6) is 11.5 Å². The van der Waals surface area contributed by atoms with Crippen LogP contribution >= 0.6 is 0 Å². The molecular formula is C22H26N2O3. The maximum atomic E-state index is 12.4. The van der Waals surface area contributed by atoms with E-state index in [9.17, 15) is 4.79 Å². The van der Waals surface area contributed by atoms with E-state index in [1.54, 1.807) is 18.2 Å². The van der Waals surface area contributed by atoms with E-state index in [2.05, 4.69) is 41.4 Å². The molecule has 1 N–H and O–H groups in total. The van der Waals surface area contributed by atoms with Crippen molar-refractivity contribution >= 4 is 5.91 Å². The minimum absolute atomic E-state index is 0.0679. The Labute approximate surface area is 160 Å². The second-order valence-corrected chi connectivity index (χ2v) is 7.26. The molecule has 2 aliphatic heterocycles. The van der Waals surface area contributed by atoms with Gasteiger partial charge in [-0.3, -0.25) is 4.79 Å². The summed E-state index contributed by atoms with van der Waals surface area (Å²) in [7, 11) is 0. The molecule has 27 heavy (non-hydrogen) atoms. The average Bonchev–Trinajstić information content (AvgIpc) is 3.16. The first-order valence-corrected chi connectivity index (χ1v) is 9.66. The van der Waals surface area contributed by atoms with Crippen molar-refractivity contribution in [2.45, 2.75) is 19.3 Å². The molecule has 1 saturated heterocycles. The highest BCUT2D eigenvalue weighted by Gasteiger charge is 2.24. The first kappa shape index (κ1) is 17.9. The Morgan fingerprint density at radius 1 is 1.15 bits per heavy atom. The standard InChI is InChI=1S/C22H26N2O3/c1-16-4-2-3-5-19(16)18-8-10-24(15-18)11-9-23-22(25)17-6-7-20-21(14-17)27-13-12-26-20/h2-7,14,18H,8-13,15H2,1H3,(H,23,25)/t18-/m0/s1. The average molecular weight is 366 g/mol. The topological polar surface area (TPSA) is 50.8 Å². The Morgan fingerprint density at radius 2 is 1.96 bits per heavy atom. The molecule has 0 aromatic heterocycles. The van der Waals surface area contributed by atoms with Gasteiger partial charge in [0.15, 0.2) is 11.5 Å². The Bertz CT molecular complexity index is 821. The summed E-state index contributed by atoms with van der Waals surface area (Å²) in [5.41, 5.74) is 3.44. The summed E-state index contributed by atoms with van der Waals surface area (Å²) < 4.78 is 11.0. The van der Waals surface area contributed by atoms with E-state index in [1.165, 1.54) is 17.5 Å². The fourth-order valence-corrected chi connectivity index (χ4v) is 3.95. The molecule has 4 rings (SSSR count). The van der Waals surface area contributed by atoms with Gasteiger partial charge in [0, 0.05) is 25.2 Å². The highest BCUT2D eigenvalue weighted by Crippen LogP contribution is 2.31. The van der Waals surface area contributed by atoms with E-state index in [-0.39, 0.29) is 5.91 Å². The molecule has 1 atom stereocenters. The first-order valence-electron chi connectivity index (χ1n) is 9.66. The second-order valence-electron chi connectivity index (χ2n) is 7.26. The Balaban J connectivity index is 1.27. The molecule has 5 heteroatoms. The smallest absolute Gasteiger partial charge is 0.251 e. The lowest BCUT2D eigenvalue weighted by molar-refractivity contribution is 0.0948. The molecule has 2 aliphatic rings. The van der Waals surface area contributed by atoms with Crippen molar-refractivity contribution in [2.75, 3.05) is 39.4 Å². The van der Waals surface area contributed by atoms with Crippen LogP contribution in [0.1, 0.15) is 33.8 Å². The Morgan fingerprint density at radius 3 is 2.81 bits per heavy atom. The number of hydrogen-bond donors (Lipinski definition) is 1. The van der Waals surface area contributed by atoms with Gasteiger partial charge in [-0.05, 0) is 55.1 Å². The van der Waals surface area contributed by atoms with E-state index >= 15 is 0 Å². The number of ether oxygens (including phenoxy) is 2. The molecule has 5 nitrogen and oxygen atoms in total. The first-order chi connectivity index (χ1) is 13.2. The monoisotopic (exact) mass is 366 g/mol. The summed E-state index contributed by atoms with van der Waals surface area (Å²) in [6.07, 6.45) is 1.18. The summed E-state index contributed by atoms with van der Waals surface area (Å²) in [5, 5.41) is 3.02. The number of rotatable bonds is 5. The predicted molar refractivity (Wildman–Crippen MR) is 105 cm³/mol. The molecule has 2 aromatic carbocycles. The van der Waals surface area contributed by atoms with E-state index in [4.69, 9.17) is 9.47 Å². The van der Waals surface area contributed by atoms with Gasteiger partial charge in [-0.15, -0.1) is 0 Å². The number of amides is 1. The molecule has 142 valence electrons. The molecule has 0 bridgehead atoms. The van der Waals surface area contributed by atoms with Crippen LogP contribution in [0.2, 0.25) is 0 Å². The fourth-order valence-electron chi connectivity index (χ4n) is 3.95. The molecule has 0 unspecified atom stereocenters. The summed E-state index contributed by atoms with van der Waals surface area (Å²) in [6.45, 7) is 6.93. The van der Waals surface area contributed by atoms with Crippen molar-refractivity contribution in [1.29, 1.82) is 0 Å². The maximum Gasteiger partial charge on any atom is 0.251 e. The van der Waals surface area contributed by atoms with Crippen LogP contribution < -0.4 is 14.8 Å². The van der Waals surface area contributed by atoms with Crippen molar-refractivity contribution in [3.05, 3.63) is 59.2 Å². The summed E-state index contributed by atoms with van der Waals surface area (Å²) >= 11 is 0. The van der Waals surface area contributed by atoms with Crippen molar-refractivity contribution in [3.8, 4) is 11.5 Å². The van der Waals surface area contributed by atoms with Gasteiger partial charge in [0.05, 0.1) is 0 Å². The zero-order chi connectivity index (χ0) is 18.6. The number of likely N-dealkylation sites (tertiary alicyclic amines) is 1. The summed E-state index contributed by atoms with van der Waals surface area (Å²) in [6, 6.07) is 14.0. The number of fused-ring (bicyclic) bond motifs is 1. The molecular weight excluding hydrogens is 340 g/mol. The Kier molecular flexibility index (Phi) is 5.30. The number of nitrogens with zero attached hydrogens (tertiary/aromatic N) is 1. The molecule has 1 fully saturated rings. The lowest BCUT2D eigenvalue weighted by Crippen LogP contribution is -2.33. The number of nitrogens with one attached hydrogen (secondary N) is 1. The van der Waals surface area contributed by atoms with Gasteiger partial charge >= 0.3 is 0 Å². The van der Waals surface area contributed by atoms with E-state index < -0.39 is 0 Å². The van der Waals surface area contributed by atoms with Crippen LogP contribution in [0.15, 0.2) is 42.5 Å².